The zero-order chi connectivity index (χ0) is 15.0. The van der Waals surface area contributed by atoms with Gasteiger partial charge in [-0.2, -0.15) is 0 Å². The summed E-state index contributed by atoms with van der Waals surface area (Å²) in [5.41, 5.74) is 0.269. The minimum Gasteiger partial charge on any atom is -0.358 e. The molecule has 3 aromatic rings. The maximum Gasteiger partial charge on any atom is 0.382 e. The molecule has 1 aromatic carbocycles. The molecule has 0 amide bonds. The molecule has 0 saturated heterocycles. The van der Waals surface area contributed by atoms with Gasteiger partial charge < -0.3 is 14.7 Å². The minimum absolute atomic E-state index is 0.0219. The molecule has 0 atom stereocenters. The molecule has 106 valence electrons. The number of fused-ring (bicyclic) bond motifs is 1. The fraction of sp³-hybridized carbons (Fsp3) is 0.0769. The van der Waals surface area contributed by atoms with E-state index in [2.05, 4.69) is 4.98 Å². The van der Waals surface area contributed by atoms with E-state index in [0.29, 0.717) is 0 Å². The number of nitrogens with zero attached hydrogens (tertiary/aromatic N) is 4. The van der Waals surface area contributed by atoms with Gasteiger partial charge in [-0.3, -0.25) is 9.20 Å². The van der Waals surface area contributed by atoms with E-state index in [9.17, 15) is 19.3 Å². The molecule has 0 bridgehead atoms. The van der Waals surface area contributed by atoms with E-state index in [4.69, 9.17) is 0 Å². The fourth-order valence-corrected chi connectivity index (χ4v) is 2.00. The van der Waals surface area contributed by atoms with Crippen LogP contribution in [0.3, 0.4) is 0 Å². The molecule has 0 aliphatic heterocycles. The van der Waals surface area contributed by atoms with Crippen LogP contribution in [0, 0.1) is 15.9 Å². The van der Waals surface area contributed by atoms with Crippen LogP contribution < -0.4 is 5.56 Å². The van der Waals surface area contributed by atoms with Crippen LogP contribution in [-0.2, 0) is 6.54 Å². The zero-order valence-electron chi connectivity index (χ0n) is 10.6. The van der Waals surface area contributed by atoms with Crippen molar-refractivity contribution < 1.29 is 9.31 Å². The third-order valence-electron chi connectivity index (χ3n) is 3.03. The highest BCUT2D eigenvalue weighted by Gasteiger charge is 2.17. The van der Waals surface area contributed by atoms with Crippen molar-refractivity contribution in [2.24, 2.45) is 0 Å². The summed E-state index contributed by atoms with van der Waals surface area (Å²) in [5.74, 6) is -0.739. The summed E-state index contributed by atoms with van der Waals surface area (Å²) < 4.78 is 15.5. The van der Waals surface area contributed by atoms with Gasteiger partial charge >= 0.3 is 17.0 Å². The first-order valence-electron chi connectivity index (χ1n) is 6.01. The predicted molar refractivity (Wildman–Crippen MR) is 71.6 cm³/mol. The third-order valence-corrected chi connectivity index (χ3v) is 3.03. The Balaban J connectivity index is 2.03. The fourth-order valence-electron chi connectivity index (χ4n) is 2.00. The van der Waals surface area contributed by atoms with Gasteiger partial charge in [-0.15, -0.1) is 0 Å². The van der Waals surface area contributed by atoms with E-state index >= 15 is 0 Å². The molecule has 0 unspecified atom stereocenters. The second kappa shape index (κ2) is 4.82. The van der Waals surface area contributed by atoms with Crippen LogP contribution in [0.15, 0.2) is 47.7 Å². The number of nitro groups is 1. The van der Waals surface area contributed by atoms with Gasteiger partial charge in [0.2, 0.25) is 0 Å². The SMILES string of the molecule is O=c1c2nc([N+](=O)[O-])cn2ccn1Cc1ccc(F)cc1. The molecule has 7 nitrogen and oxygen atoms in total. The van der Waals surface area contributed by atoms with Crippen molar-refractivity contribution in [1.82, 2.24) is 14.0 Å². The van der Waals surface area contributed by atoms with E-state index in [1.807, 2.05) is 0 Å². The molecule has 0 N–H and O–H groups in total. The maximum absolute atomic E-state index is 12.8. The van der Waals surface area contributed by atoms with E-state index in [1.54, 1.807) is 12.1 Å². The Kier molecular flexibility index (Phi) is 2.98. The number of benzene rings is 1. The van der Waals surface area contributed by atoms with Crippen LogP contribution in [0.2, 0.25) is 0 Å². The van der Waals surface area contributed by atoms with Crippen molar-refractivity contribution >= 4 is 11.5 Å². The molecule has 0 fully saturated rings. The van der Waals surface area contributed by atoms with E-state index in [0.717, 1.165) is 5.56 Å². The quantitative estimate of drug-likeness (QED) is 0.541. The average molecular weight is 288 g/mol. The molecule has 21 heavy (non-hydrogen) atoms. The number of aromatic nitrogens is 3. The zero-order valence-corrected chi connectivity index (χ0v) is 10.6. The molecule has 0 aliphatic rings. The first kappa shape index (κ1) is 13.0. The summed E-state index contributed by atoms with van der Waals surface area (Å²) in [6, 6.07) is 5.75. The number of imidazole rings is 1. The third kappa shape index (κ3) is 2.38. The number of halogens is 1. The lowest BCUT2D eigenvalue weighted by Gasteiger charge is -2.04. The first-order chi connectivity index (χ1) is 10.0. The summed E-state index contributed by atoms with van der Waals surface area (Å²) in [7, 11) is 0. The largest absolute Gasteiger partial charge is 0.382 e. The molecular formula is C13H9FN4O3. The Morgan fingerprint density at radius 1 is 1.24 bits per heavy atom. The molecule has 0 radical (unpaired) electrons. The first-order valence-corrected chi connectivity index (χ1v) is 6.01. The standard InChI is InChI=1S/C13H9FN4O3/c14-10-3-1-9(2-4-10)7-17-6-5-16-8-11(18(20)21)15-12(16)13(17)19/h1-6,8H,7H2. The lowest BCUT2D eigenvalue weighted by atomic mass is 10.2. The Hall–Kier alpha value is -3.03. The van der Waals surface area contributed by atoms with E-state index in [1.165, 1.54) is 39.7 Å². The van der Waals surface area contributed by atoms with Crippen LogP contribution >= 0.6 is 0 Å². The van der Waals surface area contributed by atoms with Gasteiger partial charge in [0, 0.05) is 12.4 Å². The predicted octanol–water partition coefficient (Wildman–Crippen LogP) is 1.59. The smallest absolute Gasteiger partial charge is 0.358 e. The topological polar surface area (TPSA) is 82.4 Å². The normalized spacial score (nSPS) is 10.9. The number of rotatable bonds is 3. The maximum atomic E-state index is 12.8. The van der Waals surface area contributed by atoms with Gasteiger partial charge in [0.15, 0.2) is 0 Å². The summed E-state index contributed by atoms with van der Waals surface area (Å²) in [6.45, 7) is 0.232. The molecule has 3 rings (SSSR count). The molecule has 2 heterocycles. The van der Waals surface area contributed by atoms with Crippen molar-refractivity contribution in [3.05, 3.63) is 74.7 Å². The summed E-state index contributed by atoms with van der Waals surface area (Å²) >= 11 is 0. The van der Waals surface area contributed by atoms with Gasteiger partial charge in [0.05, 0.1) is 6.54 Å². The van der Waals surface area contributed by atoms with Crippen molar-refractivity contribution in [2.45, 2.75) is 6.54 Å². The van der Waals surface area contributed by atoms with Gasteiger partial charge in [-0.05, 0) is 27.6 Å². The average Bonchev–Trinajstić information content (AvgIpc) is 2.89. The van der Waals surface area contributed by atoms with Crippen molar-refractivity contribution in [2.75, 3.05) is 0 Å². The van der Waals surface area contributed by atoms with E-state index < -0.39 is 10.5 Å². The monoisotopic (exact) mass is 288 g/mol. The molecule has 0 aliphatic carbocycles. The summed E-state index contributed by atoms with van der Waals surface area (Å²) in [5, 5.41) is 10.7. The van der Waals surface area contributed by atoms with Gasteiger partial charge in [0.1, 0.15) is 12.0 Å². The Bertz CT molecular complexity index is 883. The molecule has 0 spiro atoms. The lowest BCUT2D eigenvalue weighted by Crippen LogP contribution is -2.22. The molecule has 8 heteroatoms. The second-order valence-electron chi connectivity index (χ2n) is 4.44. The van der Waals surface area contributed by atoms with Crippen molar-refractivity contribution in [1.29, 1.82) is 0 Å². The lowest BCUT2D eigenvalue weighted by molar-refractivity contribution is -0.389. The summed E-state index contributed by atoms with van der Waals surface area (Å²) in [4.78, 5) is 25.9. The molecule has 0 saturated carbocycles. The van der Waals surface area contributed by atoms with Crippen molar-refractivity contribution in [3.63, 3.8) is 0 Å². The van der Waals surface area contributed by atoms with Crippen molar-refractivity contribution in [3.8, 4) is 0 Å². The van der Waals surface area contributed by atoms with Crippen LogP contribution in [0.25, 0.3) is 5.65 Å². The Morgan fingerprint density at radius 2 is 1.95 bits per heavy atom. The minimum atomic E-state index is -0.656. The second-order valence-corrected chi connectivity index (χ2v) is 4.44. The molecule has 2 aromatic heterocycles. The van der Waals surface area contributed by atoms with Gasteiger partial charge in [-0.1, -0.05) is 12.1 Å². The Labute approximate surface area is 117 Å². The molecular weight excluding hydrogens is 279 g/mol. The van der Waals surface area contributed by atoms with Gasteiger partial charge in [-0.25, -0.2) is 4.39 Å². The number of hydrogen-bond donors (Lipinski definition) is 0. The summed E-state index contributed by atoms with van der Waals surface area (Å²) in [6.07, 6.45) is 4.20. The Morgan fingerprint density at radius 3 is 2.62 bits per heavy atom. The van der Waals surface area contributed by atoms with E-state index in [-0.39, 0.29) is 23.8 Å². The van der Waals surface area contributed by atoms with Gasteiger partial charge in [0.25, 0.3) is 0 Å². The van der Waals surface area contributed by atoms with Crippen LogP contribution in [0.4, 0.5) is 10.2 Å². The van der Waals surface area contributed by atoms with Crippen LogP contribution in [0.1, 0.15) is 5.56 Å². The number of hydrogen-bond acceptors (Lipinski definition) is 4. The van der Waals surface area contributed by atoms with Crippen LogP contribution in [-0.4, -0.2) is 18.9 Å². The highest BCUT2D eigenvalue weighted by molar-refractivity contribution is 5.41. The highest BCUT2D eigenvalue weighted by atomic mass is 19.1. The van der Waals surface area contributed by atoms with Crippen LogP contribution in [0.5, 0.6) is 0 Å². The highest BCUT2D eigenvalue weighted by Crippen LogP contribution is 2.09.